The summed E-state index contributed by atoms with van der Waals surface area (Å²) in [7, 11) is 0. The van der Waals surface area contributed by atoms with E-state index in [1.54, 1.807) is 12.1 Å². The van der Waals surface area contributed by atoms with E-state index in [9.17, 15) is 0 Å². The quantitative estimate of drug-likeness (QED) is 0.674. The fourth-order valence-corrected chi connectivity index (χ4v) is 1.90. The van der Waals surface area contributed by atoms with Gasteiger partial charge in [0, 0.05) is 0 Å². The molecule has 0 radical (unpaired) electrons. The standard InChI is InChI=1S/C17H14N4O/c1-2-22-17-9-8-14(13-6-4-3-5-7-13)10-16(17)21-20-15(11-18)12-19/h3-10,21H,2H2,1H3. The van der Waals surface area contributed by atoms with E-state index in [4.69, 9.17) is 15.3 Å². The third-order valence-corrected chi connectivity index (χ3v) is 2.89. The molecule has 0 heterocycles. The third-order valence-electron chi connectivity index (χ3n) is 2.89. The molecule has 1 N–H and O–H groups in total. The Balaban J connectivity index is 2.39. The van der Waals surface area contributed by atoms with E-state index in [1.807, 2.05) is 55.5 Å². The van der Waals surface area contributed by atoms with Crippen LogP contribution in [0.1, 0.15) is 6.92 Å². The number of ether oxygens (including phenoxy) is 1. The Bertz CT molecular complexity index is 738. The van der Waals surface area contributed by atoms with Gasteiger partial charge in [-0.3, -0.25) is 5.43 Å². The summed E-state index contributed by atoms with van der Waals surface area (Å²) in [5.74, 6) is 0.612. The van der Waals surface area contributed by atoms with Gasteiger partial charge in [0.1, 0.15) is 17.9 Å². The first-order valence-corrected chi connectivity index (χ1v) is 6.74. The molecule has 0 spiro atoms. The molecular weight excluding hydrogens is 276 g/mol. The Morgan fingerprint density at radius 3 is 2.45 bits per heavy atom. The molecule has 2 aromatic rings. The van der Waals surface area contributed by atoms with Gasteiger partial charge in [0.25, 0.3) is 0 Å². The first kappa shape index (κ1) is 15.1. The lowest BCUT2D eigenvalue weighted by molar-refractivity contribution is 0.342. The van der Waals surface area contributed by atoms with Crippen LogP contribution in [-0.4, -0.2) is 12.3 Å². The van der Waals surface area contributed by atoms with Gasteiger partial charge < -0.3 is 4.74 Å². The first-order valence-electron chi connectivity index (χ1n) is 6.74. The van der Waals surface area contributed by atoms with Crippen LogP contribution in [0.5, 0.6) is 5.75 Å². The molecule has 0 aliphatic carbocycles. The van der Waals surface area contributed by atoms with E-state index in [-0.39, 0.29) is 5.71 Å². The maximum absolute atomic E-state index is 8.73. The Morgan fingerprint density at radius 1 is 1.09 bits per heavy atom. The highest BCUT2D eigenvalue weighted by Gasteiger charge is 2.06. The predicted molar refractivity (Wildman–Crippen MR) is 85.3 cm³/mol. The number of nitrogens with one attached hydrogen (secondary N) is 1. The Kier molecular flexibility index (Phi) is 5.12. The minimum Gasteiger partial charge on any atom is -0.492 e. The molecule has 0 aromatic heterocycles. The van der Waals surface area contributed by atoms with E-state index in [2.05, 4.69) is 10.5 Å². The second-order valence-corrected chi connectivity index (χ2v) is 4.31. The number of nitrogens with zero attached hydrogens (tertiary/aromatic N) is 3. The van der Waals surface area contributed by atoms with Crippen molar-refractivity contribution in [3.8, 4) is 29.0 Å². The van der Waals surface area contributed by atoms with Crippen LogP contribution in [0.15, 0.2) is 53.6 Å². The highest BCUT2D eigenvalue weighted by Crippen LogP contribution is 2.30. The minimum absolute atomic E-state index is 0.243. The normalized spacial score (nSPS) is 9.23. The van der Waals surface area contributed by atoms with Gasteiger partial charge in [-0.15, -0.1) is 0 Å². The molecule has 22 heavy (non-hydrogen) atoms. The van der Waals surface area contributed by atoms with Crippen molar-refractivity contribution in [3.63, 3.8) is 0 Å². The topological polar surface area (TPSA) is 81.2 Å². The largest absolute Gasteiger partial charge is 0.492 e. The van der Waals surface area contributed by atoms with Crippen molar-refractivity contribution in [2.75, 3.05) is 12.0 Å². The SMILES string of the molecule is CCOc1ccc(-c2ccccc2)cc1NN=C(C#N)C#N. The highest BCUT2D eigenvalue weighted by atomic mass is 16.5. The fraction of sp³-hybridized carbons (Fsp3) is 0.118. The van der Waals surface area contributed by atoms with Crippen LogP contribution in [0, 0.1) is 22.7 Å². The number of anilines is 1. The van der Waals surface area contributed by atoms with E-state index >= 15 is 0 Å². The summed E-state index contributed by atoms with van der Waals surface area (Å²) >= 11 is 0. The Morgan fingerprint density at radius 2 is 1.82 bits per heavy atom. The molecule has 0 saturated heterocycles. The van der Waals surface area contributed by atoms with Crippen LogP contribution in [0.4, 0.5) is 5.69 Å². The van der Waals surface area contributed by atoms with Gasteiger partial charge in [-0.05, 0) is 30.2 Å². The van der Waals surface area contributed by atoms with Gasteiger partial charge in [0.15, 0.2) is 0 Å². The average Bonchev–Trinajstić information content (AvgIpc) is 2.58. The smallest absolute Gasteiger partial charge is 0.237 e. The van der Waals surface area contributed by atoms with Gasteiger partial charge in [0.2, 0.25) is 5.71 Å². The zero-order valence-electron chi connectivity index (χ0n) is 12.1. The van der Waals surface area contributed by atoms with E-state index in [0.717, 1.165) is 11.1 Å². The third kappa shape index (κ3) is 3.62. The number of rotatable bonds is 5. The van der Waals surface area contributed by atoms with Crippen LogP contribution in [0.3, 0.4) is 0 Å². The molecule has 0 saturated carbocycles. The summed E-state index contributed by atoms with van der Waals surface area (Å²) in [6.45, 7) is 2.39. The highest BCUT2D eigenvalue weighted by molar-refractivity contribution is 6.10. The van der Waals surface area contributed by atoms with Gasteiger partial charge in [-0.1, -0.05) is 36.4 Å². The summed E-state index contributed by atoms with van der Waals surface area (Å²) in [5, 5.41) is 21.2. The number of hydrazone groups is 1. The summed E-state index contributed by atoms with van der Waals surface area (Å²) in [6.07, 6.45) is 0. The minimum atomic E-state index is -0.243. The maximum atomic E-state index is 8.73. The van der Waals surface area contributed by atoms with Crippen molar-refractivity contribution >= 4 is 11.4 Å². The number of hydrogen-bond donors (Lipinski definition) is 1. The second-order valence-electron chi connectivity index (χ2n) is 4.31. The molecule has 0 aliphatic rings. The molecule has 0 amide bonds. The number of benzene rings is 2. The van der Waals surface area contributed by atoms with Crippen molar-refractivity contribution < 1.29 is 4.74 Å². The van der Waals surface area contributed by atoms with Crippen molar-refractivity contribution in [3.05, 3.63) is 48.5 Å². The number of hydrogen-bond acceptors (Lipinski definition) is 5. The van der Waals surface area contributed by atoms with Crippen molar-refractivity contribution in [1.29, 1.82) is 10.5 Å². The van der Waals surface area contributed by atoms with E-state index < -0.39 is 0 Å². The molecule has 0 fully saturated rings. The predicted octanol–water partition coefficient (Wildman–Crippen LogP) is 3.57. The average molecular weight is 290 g/mol. The van der Waals surface area contributed by atoms with E-state index in [0.29, 0.717) is 18.0 Å². The molecule has 2 aromatic carbocycles. The monoisotopic (exact) mass is 290 g/mol. The lowest BCUT2D eigenvalue weighted by Crippen LogP contribution is -2.00. The fourth-order valence-electron chi connectivity index (χ4n) is 1.90. The zero-order valence-corrected chi connectivity index (χ0v) is 12.1. The summed E-state index contributed by atoms with van der Waals surface area (Å²) < 4.78 is 5.53. The summed E-state index contributed by atoms with van der Waals surface area (Å²) in [4.78, 5) is 0. The summed E-state index contributed by atoms with van der Waals surface area (Å²) in [5.41, 5.74) is 5.13. The first-order chi connectivity index (χ1) is 10.8. The zero-order chi connectivity index (χ0) is 15.8. The van der Waals surface area contributed by atoms with Gasteiger partial charge in [0.05, 0.1) is 12.3 Å². The molecule has 0 unspecified atom stereocenters. The lowest BCUT2D eigenvalue weighted by Gasteiger charge is -2.11. The van der Waals surface area contributed by atoms with Crippen molar-refractivity contribution in [2.45, 2.75) is 6.92 Å². The molecule has 0 atom stereocenters. The molecule has 108 valence electrons. The molecular formula is C17H14N4O. The van der Waals surface area contributed by atoms with Crippen molar-refractivity contribution in [1.82, 2.24) is 0 Å². The lowest BCUT2D eigenvalue weighted by atomic mass is 10.0. The molecule has 5 nitrogen and oxygen atoms in total. The number of nitriles is 2. The second kappa shape index (κ2) is 7.47. The van der Waals surface area contributed by atoms with Gasteiger partial charge in [-0.25, -0.2) is 0 Å². The molecule has 5 heteroatoms. The summed E-state index contributed by atoms with van der Waals surface area (Å²) in [6, 6.07) is 18.9. The van der Waals surface area contributed by atoms with Crippen LogP contribution >= 0.6 is 0 Å². The van der Waals surface area contributed by atoms with Crippen LogP contribution in [0.2, 0.25) is 0 Å². The van der Waals surface area contributed by atoms with Crippen LogP contribution in [-0.2, 0) is 0 Å². The molecule has 0 bridgehead atoms. The van der Waals surface area contributed by atoms with Crippen LogP contribution < -0.4 is 10.2 Å². The Hall–Kier alpha value is -3.31. The van der Waals surface area contributed by atoms with Gasteiger partial charge in [-0.2, -0.15) is 15.6 Å². The molecule has 2 rings (SSSR count). The maximum Gasteiger partial charge on any atom is 0.237 e. The van der Waals surface area contributed by atoms with Gasteiger partial charge >= 0.3 is 0 Å². The Labute approximate surface area is 129 Å². The van der Waals surface area contributed by atoms with Crippen LogP contribution in [0.25, 0.3) is 11.1 Å². The van der Waals surface area contributed by atoms with E-state index in [1.165, 1.54) is 0 Å². The molecule has 0 aliphatic heterocycles. The van der Waals surface area contributed by atoms with Crippen molar-refractivity contribution in [2.24, 2.45) is 5.10 Å².